The van der Waals surface area contributed by atoms with Gasteiger partial charge in [0.15, 0.2) is 0 Å². The number of aryl methyl sites for hydroxylation is 1. The predicted molar refractivity (Wildman–Crippen MR) is 39.3 cm³/mol. The molecule has 1 rings (SSSR count). The van der Waals surface area contributed by atoms with E-state index in [4.69, 9.17) is 0 Å². The van der Waals surface area contributed by atoms with E-state index in [1.165, 1.54) is 10.7 Å². The highest BCUT2D eigenvalue weighted by molar-refractivity contribution is 4.78. The van der Waals surface area contributed by atoms with Gasteiger partial charge in [-0.25, -0.2) is 0 Å². The Hall–Kier alpha value is -1.07. The standard InChI is InChI=1S/C4H6N2O.CH6N2/c1-6-4(7)2-3-5-6;1-3-2/h2-3,5H,1H3;3H,2H2,1H3. The van der Waals surface area contributed by atoms with Crippen molar-refractivity contribution in [3.8, 4) is 0 Å². The van der Waals surface area contributed by atoms with Gasteiger partial charge < -0.3 is 5.10 Å². The zero-order valence-corrected chi connectivity index (χ0v) is 6.09. The van der Waals surface area contributed by atoms with Crippen LogP contribution in [0.3, 0.4) is 0 Å². The lowest BCUT2D eigenvalue weighted by atomic mass is 10.7. The normalized spacial score (nSPS) is 8.30. The van der Waals surface area contributed by atoms with E-state index >= 15 is 0 Å². The number of H-pyrrole nitrogens is 1. The predicted octanol–water partition coefficient (Wildman–Crippen LogP) is -1.21. The van der Waals surface area contributed by atoms with Gasteiger partial charge in [-0.2, -0.15) is 0 Å². The first-order chi connectivity index (χ1) is 4.72. The van der Waals surface area contributed by atoms with E-state index < -0.39 is 0 Å². The lowest BCUT2D eigenvalue weighted by Gasteiger charge is -1.79. The van der Waals surface area contributed by atoms with Crippen molar-refractivity contribution in [1.29, 1.82) is 0 Å². The molecule has 1 heterocycles. The van der Waals surface area contributed by atoms with Crippen molar-refractivity contribution >= 4 is 0 Å². The number of nitrogens with zero attached hydrogens (tertiary/aromatic N) is 1. The van der Waals surface area contributed by atoms with Crippen molar-refractivity contribution in [2.75, 3.05) is 7.05 Å². The average Bonchev–Trinajstić information content (AvgIpc) is 2.19. The first kappa shape index (κ1) is 8.93. The Morgan fingerprint density at radius 1 is 1.80 bits per heavy atom. The van der Waals surface area contributed by atoms with Crippen molar-refractivity contribution in [3.05, 3.63) is 22.6 Å². The van der Waals surface area contributed by atoms with Crippen molar-refractivity contribution < 1.29 is 0 Å². The molecule has 0 atom stereocenters. The fraction of sp³-hybridized carbons (Fsp3) is 0.400. The van der Waals surface area contributed by atoms with Crippen molar-refractivity contribution in [1.82, 2.24) is 15.2 Å². The second kappa shape index (κ2) is 4.78. The smallest absolute Gasteiger partial charge is 0.266 e. The molecule has 0 aromatic carbocycles. The molecule has 0 aliphatic carbocycles. The van der Waals surface area contributed by atoms with Crippen LogP contribution in [-0.4, -0.2) is 16.8 Å². The Labute approximate surface area is 58.8 Å². The summed E-state index contributed by atoms with van der Waals surface area (Å²) >= 11 is 0. The first-order valence-corrected chi connectivity index (χ1v) is 2.80. The van der Waals surface area contributed by atoms with Crippen LogP contribution in [0.5, 0.6) is 0 Å². The van der Waals surface area contributed by atoms with E-state index in [2.05, 4.69) is 16.4 Å². The highest BCUT2D eigenvalue weighted by Crippen LogP contribution is 1.62. The van der Waals surface area contributed by atoms with Crippen LogP contribution in [-0.2, 0) is 7.05 Å². The Bertz CT molecular complexity index is 213. The number of nitrogens with two attached hydrogens (primary N) is 1. The van der Waals surface area contributed by atoms with E-state index in [0.717, 1.165) is 0 Å². The monoisotopic (exact) mass is 144 g/mol. The van der Waals surface area contributed by atoms with Gasteiger partial charge >= 0.3 is 0 Å². The number of rotatable bonds is 0. The molecule has 0 amide bonds. The zero-order valence-electron chi connectivity index (χ0n) is 6.09. The Kier molecular flexibility index (Phi) is 4.26. The van der Waals surface area contributed by atoms with Gasteiger partial charge in [0.2, 0.25) is 0 Å². The molecular weight excluding hydrogens is 132 g/mol. The molecule has 5 nitrogen and oxygen atoms in total. The van der Waals surface area contributed by atoms with Gasteiger partial charge in [0.25, 0.3) is 5.56 Å². The average molecular weight is 144 g/mol. The molecule has 0 aliphatic rings. The van der Waals surface area contributed by atoms with E-state index in [1.807, 2.05) is 0 Å². The minimum atomic E-state index is 0.000000000000000222. The summed E-state index contributed by atoms with van der Waals surface area (Å²) in [5.41, 5.74) is 2.25. The lowest BCUT2D eigenvalue weighted by molar-refractivity contribution is 0.740. The summed E-state index contributed by atoms with van der Waals surface area (Å²) in [4.78, 5) is 10.4. The van der Waals surface area contributed by atoms with Crippen molar-refractivity contribution in [2.45, 2.75) is 0 Å². The van der Waals surface area contributed by atoms with Gasteiger partial charge in [0.05, 0.1) is 0 Å². The summed E-state index contributed by atoms with van der Waals surface area (Å²) in [6, 6.07) is 1.47. The molecule has 58 valence electrons. The van der Waals surface area contributed by atoms with Crippen LogP contribution in [0.25, 0.3) is 0 Å². The maximum Gasteiger partial charge on any atom is 0.266 e. The van der Waals surface area contributed by atoms with E-state index in [9.17, 15) is 4.79 Å². The number of hydrazine groups is 1. The number of nitrogens with one attached hydrogen (secondary N) is 2. The Morgan fingerprint density at radius 2 is 2.30 bits per heavy atom. The van der Waals surface area contributed by atoms with E-state index in [1.54, 1.807) is 20.3 Å². The Morgan fingerprint density at radius 3 is 2.40 bits per heavy atom. The maximum absolute atomic E-state index is 10.4. The van der Waals surface area contributed by atoms with Crippen LogP contribution in [0.2, 0.25) is 0 Å². The molecule has 0 aliphatic heterocycles. The molecular formula is C5H12N4O. The first-order valence-electron chi connectivity index (χ1n) is 2.80. The number of aromatic nitrogens is 2. The van der Waals surface area contributed by atoms with E-state index in [0.29, 0.717) is 0 Å². The third-order valence-corrected chi connectivity index (χ3v) is 0.825. The van der Waals surface area contributed by atoms with Gasteiger partial charge in [-0.05, 0) is 7.05 Å². The summed E-state index contributed by atoms with van der Waals surface area (Å²) < 4.78 is 1.40. The fourth-order valence-electron chi connectivity index (χ4n) is 0.396. The molecule has 1 aromatic rings. The molecule has 0 fully saturated rings. The Balaban J connectivity index is 0.000000236. The summed E-state index contributed by atoms with van der Waals surface area (Å²) in [5.74, 6) is 4.60. The molecule has 4 N–H and O–H groups in total. The van der Waals surface area contributed by atoms with Crippen LogP contribution in [0, 0.1) is 0 Å². The van der Waals surface area contributed by atoms with Gasteiger partial charge in [-0.1, -0.05) is 0 Å². The van der Waals surface area contributed by atoms with Crippen molar-refractivity contribution in [2.24, 2.45) is 12.9 Å². The minimum Gasteiger partial charge on any atom is -0.303 e. The molecule has 0 radical (unpaired) electrons. The third-order valence-electron chi connectivity index (χ3n) is 0.825. The number of hydrogen-bond donors (Lipinski definition) is 3. The summed E-state index contributed by atoms with van der Waals surface area (Å²) in [6.07, 6.45) is 1.60. The van der Waals surface area contributed by atoms with Gasteiger partial charge in [0, 0.05) is 19.3 Å². The quantitative estimate of drug-likeness (QED) is 0.316. The highest BCUT2D eigenvalue weighted by atomic mass is 16.1. The lowest BCUT2D eigenvalue weighted by Crippen LogP contribution is -2.13. The van der Waals surface area contributed by atoms with Crippen LogP contribution >= 0.6 is 0 Å². The summed E-state index contributed by atoms with van der Waals surface area (Å²) in [6.45, 7) is 0. The SMILES string of the molecule is CNN.Cn1[nH]ccc1=O. The summed E-state index contributed by atoms with van der Waals surface area (Å²) in [7, 11) is 3.32. The second-order valence-corrected chi connectivity index (χ2v) is 1.65. The minimum absolute atomic E-state index is 0.000000000000000222. The van der Waals surface area contributed by atoms with Crippen molar-refractivity contribution in [3.63, 3.8) is 0 Å². The van der Waals surface area contributed by atoms with Crippen LogP contribution < -0.4 is 16.8 Å². The molecule has 0 bridgehead atoms. The van der Waals surface area contributed by atoms with Gasteiger partial charge in [-0.15, -0.1) is 0 Å². The molecule has 0 spiro atoms. The number of aromatic amines is 1. The topological polar surface area (TPSA) is 75.8 Å². The van der Waals surface area contributed by atoms with Gasteiger partial charge in [-0.3, -0.25) is 20.7 Å². The largest absolute Gasteiger partial charge is 0.303 e. The zero-order chi connectivity index (χ0) is 7.98. The highest BCUT2D eigenvalue weighted by Gasteiger charge is 1.80. The molecule has 0 saturated heterocycles. The van der Waals surface area contributed by atoms with Crippen LogP contribution in [0.1, 0.15) is 0 Å². The fourth-order valence-corrected chi connectivity index (χ4v) is 0.396. The third kappa shape index (κ3) is 3.06. The molecule has 0 unspecified atom stereocenters. The van der Waals surface area contributed by atoms with Crippen LogP contribution in [0.4, 0.5) is 0 Å². The maximum atomic E-state index is 10.4. The van der Waals surface area contributed by atoms with Gasteiger partial charge in [0.1, 0.15) is 0 Å². The number of hydrogen-bond acceptors (Lipinski definition) is 3. The molecule has 10 heavy (non-hydrogen) atoms. The molecule has 1 aromatic heterocycles. The molecule has 5 heteroatoms. The van der Waals surface area contributed by atoms with E-state index in [-0.39, 0.29) is 5.56 Å². The summed E-state index contributed by atoms with van der Waals surface area (Å²) in [5, 5.41) is 2.67. The van der Waals surface area contributed by atoms with Crippen LogP contribution in [0.15, 0.2) is 17.1 Å². The molecule has 0 saturated carbocycles. The second-order valence-electron chi connectivity index (χ2n) is 1.65.